The average Bonchev–Trinajstić information content (AvgIpc) is 2.82. The quantitative estimate of drug-likeness (QED) is 0.679. The lowest BCUT2D eigenvalue weighted by molar-refractivity contribution is 0.0694. The first-order chi connectivity index (χ1) is 9.95. The molecule has 2 aromatic rings. The number of anilines is 1. The number of hydrogen-bond donors (Lipinski definition) is 4. The summed E-state index contributed by atoms with van der Waals surface area (Å²) < 4.78 is 4.93. The van der Waals surface area contributed by atoms with Crippen LogP contribution in [0.5, 0.6) is 5.75 Å². The van der Waals surface area contributed by atoms with Crippen molar-refractivity contribution in [3.05, 3.63) is 41.3 Å². The summed E-state index contributed by atoms with van der Waals surface area (Å²) in [6, 6.07) is 4.90. The summed E-state index contributed by atoms with van der Waals surface area (Å²) >= 11 is 0. The Kier molecular flexibility index (Phi) is 4.07. The number of phenols is 1. The van der Waals surface area contributed by atoms with Gasteiger partial charge < -0.3 is 25.4 Å². The van der Waals surface area contributed by atoms with E-state index in [9.17, 15) is 14.7 Å². The molecule has 8 heteroatoms. The Morgan fingerprint density at radius 1 is 1.33 bits per heavy atom. The Hall–Kier alpha value is -3.03. The highest BCUT2D eigenvalue weighted by Crippen LogP contribution is 2.21. The van der Waals surface area contributed by atoms with Crippen molar-refractivity contribution in [2.24, 2.45) is 0 Å². The van der Waals surface area contributed by atoms with E-state index in [0.717, 1.165) is 6.07 Å². The van der Waals surface area contributed by atoms with Gasteiger partial charge in [0.25, 0.3) is 0 Å². The van der Waals surface area contributed by atoms with Crippen molar-refractivity contribution in [1.82, 2.24) is 10.5 Å². The standard InChI is InChI=1S/C13H13N3O5/c1-7-4-9(21-16-7)6-14-13(20)15-8-2-3-10(12(18)19)11(17)5-8/h2-5,17H,6H2,1H3,(H,18,19)(H2,14,15,20). The number of benzene rings is 1. The van der Waals surface area contributed by atoms with Crippen molar-refractivity contribution >= 4 is 17.7 Å². The molecule has 0 fully saturated rings. The van der Waals surface area contributed by atoms with E-state index in [1.54, 1.807) is 13.0 Å². The predicted octanol–water partition coefficient (Wildman–Crippen LogP) is 1.71. The van der Waals surface area contributed by atoms with Gasteiger partial charge in [-0.05, 0) is 19.1 Å². The van der Waals surface area contributed by atoms with Gasteiger partial charge >= 0.3 is 12.0 Å². The minimum atomic E-state index is -1.25. The summed E-state index contributed by atoms with van der Waals surface area (Å²) in [5, 5.41) is 27.0. The molecule has 1 aromatic heterocycles. The van der Waals surface area contributed by atoms with E-state index in [1.165, 1.54) is 12.1 Å². The van der Waals surface area contributed by atoms with Gasteiger partial charge in [-0.1, -0.05) is 5.16 Å². The number of nitrogens with one attached hydrogen (secondary N) is 2. The van der Waals surface area contributed by atoms with Gasteiger partial charge in [0.1, 0.15) is 11.3 Å². The molecule has 21 heavy (non-hydrogen) atoms. The molecule has 0 aliphatic rings. The van der Waals surface area contributed by atoms with Crippen LogP contribution in [-0.4, -0.2) is 27.4 Å². The summed E-state index contributed by atoms with van der Waals surface area (Å²) in [5.74, 6) is -1.16. The number of aromatic carboxylic acids is 1. The molecule has 0 atom stereocenters. The lowest BCUT2D eigenvalue weighted by atomic mass is 10.2. The Balaban J connectivity index is 1.93. The van der Waals surface area contributed by atoms with E-state index in [2.05, 4.69) is 15.8 Å². The fourth-order valence-electron chi connectivity index (χ4n) is 1.63. The van der Waals surface area contributed by atoms with Crippen molar-refractivity contribution in [2.45, 2.75) is 13.5 Å². The number of carbonyl (C=O) groups excluding carboxylic acids is 1. The third-order valence-electron chi connectivity index (χ3n) is 2.59. The normalized spacial score (nSPS) is 10.1. The smallest absolute Gasteiger partial charge is 0.339 e. The van der Waals surface area contributed by atoms with E-state index in [4.69, 9.17) is 9.63 Å². The second-order valence-electron chi connectivity index (χ2n) is 4.28. The summed E-state index contributed by atoms with van der Waals surface area (Å²) in [5.41, 5.74) is 0.739. The van der Waals surface area contributed by atoms with Crippen LogP contribution in [0.25, 0.3) is 0 Å². The molecule has 0 aliphatic heterocycles. The Labute approximate surface area is 119 Å². The number of aryl methyl sites for hydroxylation is 1. The maximum absolute atomic E-state index is 11.6. The van der Waals surface area contributed by atoms with Crippen LogP contribution in [0, 0.1) is 6.92 Å². The third kappa shape index (κ3) is 3.72. The zero-order valence-electron chi connectivity index (χ0n) is 11.1. The largest absolute Gasteiger partial charge is 0.507 e. The molecule has 4 N–H and O–H groups in total. The van der Waals surface area contributed by atoms with Crippen molar-refractivity contribution < 1.29 is 24.3 Å². The highest BCUT2D eigenvalue weighted by Gasteiger charge is 2.11. The summed E-state index contributed by atoms with van der Waals surface area (Å²) in [7, 11) is 0. The van der Waals surface area contributed by atoms with Gasteiger partial charge in [0.05, 0.1) is 12.2 Å². The first-order valence-electron chi connectivity index (χ1n) is 5.99. The van der Waals surface area contributed by atoms with Gasteiger partial charge in [-0.15, -0.1) is 0 Å². The summed E-state index contributed by atoms with van der Waals surface area (Å²) in [6.07, 6.45) is 0. The minimum Gasteiger partial charge on any atom is -0.507 e. The number of aromatic nitrogens is 1. The molecule has 0 spiro atoms. The third-order valence-corrected chi connectivity index (χ3v) is 2.59. The number of urea groups is 1. The molecule has 2 rings (SSSR count). The molecule has 0 unspecified atom stereocenters. The van der Waals surface area contributed by atoms with E-state index < -0.39 is 17.7 Å². The monoisotopic (exact) mass is 291 g/mol. The highest BCUT2D eigenvalue weighted by atomic mass is 16.5. The average molecular weight is 291 g/mol. The Bertz CT molecular complexity index is 680. The number of carboxylic acid groups (broad SMARTS) is 1. The highest BCUT2D eigenvalue weighted by molar-refractivity contribution is 5.93. The maximum Gasteiger partial charge on any atom is 0.339 e. The topological polar surface area (TPSA) is 125 Å². The van der Waals surface area contributed by atoms with E-state index in [1.807, 2.05) is 0 Å². The van der Waals surface area contributed by atoms with Crippen LogP contribution in [0.4, 0.5) is 10.5 Å². The van der Waals surface area contributed by atoms with Gasteiger partial charge in [0.15, 0.2) is 5.76 Å². The first-order valence-corrected chi connectivity index (χ1v) is 5.99. The van der Waals surface area contributed by atoms with Crippen molar-refractivity contribution in [2.75, 3.05) is 5.32 Å². The Morgan fingerprint density at radius 3 is 2.67 bits per heavy atom. The lowest BCUT2D eigenvalue weighted by Crippen LogP contribution is -2.28. The van der Waals surface area contributed by atoms with Crippen molar-refractivity contribution in [3.8, 4) is 5.75 Å². The van der Waals surface area contributed by atoms with Crippen molar-refractivity contribution in [3.63, 3.8) is 0 Å². The Morgan fingerprint density at radius 2 is 2.10 bits per heavy atom. The van der Waals surface area contributed by atoms with E-state index in [-0.39, 0.29) is 17.8 Å². The minimum absolute atomic E-state index is 0.159. The number of carboxylic acids is 1. The number of amides is 2. The molecule has 110 valence electrons. The molecular formula is C13H13N3O5. The fourth-order valence-corrected chi connectivity index (χ4v) is 1.63. The second-order valence-corrected chi connectivity index (χ2v) is 4.28. The van der Waals surface area contributed by atoms with Crippen LogP contribution < -0.4 is 10.6 Å². The zero-order valence-corrected chi connectivity index (χ0v) is 11.1. The van der Waals surface area contributed by atoms with Crippen LogP contribution in [0.15, 0.2) is 28.8 Å². The molecule has 0 aliphatic carbocycles. The van der Waals surface area contributed by atoms with Crippen LogP contribution in [0.3, 0.4) is 0 Å². The number of rotatable bonds is 4. The predicted molar refractivity (Wildman–Crippen MR) is 72.2 cm³/mol. The van der Waals surface area contributed by atoms with Crippen LogP contribution in [0.1, 0.15) is 21.8 Å². The van der Waals surface area contributed by atoms with Gasteiger partial charge in [-0.25, -0.2) is 9.59 Å². The molecular weight excluding hydrogens is 278 g/mol. The first kappa shape index (κ1) is 14.4. The maximum atomic E-state index is 11.6. The summed E-state index contributed by atoms with van der Waals surface area (Å²) in [6.45, 7) is 1.92. The molecule has 0 saturated carbocycles. The SMILES string of the molecule is Cc1cc(CNC(=O)Nc2ccc(C(=O)O)c(O)c2)on1. The number of hydrogen-bond acceptors (Lipinski definition) is 5. The number of carbonyl (C=O) groups is 2. The molecule has 2 amide bonds. The van der Waals surface area contributed by atoms with Crippen molar-refractivity contribution in [1.29, 1.82) is 0 Å². The van der Waals surface area contributed by atoms with Crippen LogP contribution >= 0.6 is 0 Å². The molecule has 8 nitrogen and oxygen atoms in total. The molecule has 0 radical (unpaired) electrons. The molecule has 0 bridgehead atoms. The van der Waals surface area contributed by atoms with Gasteiger partial charge in [-0.3, -0.25) is 0 Å². The van der Waals surface area contributed by atoms with Crippen LogP contribution in [0.2, 0.25) is 0 Å². The van der Waals surface area contributed by atoms with E-state index >= 15 is 0 Å². The number of nitrogens with zero attached hydrogens (tertiary/aromatic N) is 1. The van der Waals surface area contributed by atoms with Gasteiger partial charge in [0.2, 0.25) is 0 Å². The zero-order chi connectivity index (χ0) is 15.4. The van der Waals surface area contributed by atoms with Crippen LogP contribution in [-0.2, 0) is 6.54 Å². The molecule has 1 aromatic carbocycles. The molecule has 1 heterocycles. The second kappa shape index (κ2) is 5.95. The van der Waals surface area contributed by atoms with Gasteiger partial charge in [0, 0.05) is 17.8 Å². The van der Waals surface area contributed by atoms with Gasteiger partial charge in [-0.2, -0.15) is 0 Å². The summed E-state index contributed by atoms with van der Waals surface area (Å²) in [4.78, 5) is 22.4. The fraction of sp³-hybridized carbons (Fsp3) is 0.154. The number of aromatic hydroxyl groups is 1. The lowest BCUT2D eigenvalue weighted by Gasteiger charge is -2.07. The molecule has 0 saturated heterocycles. The van der Waals surface area contributed by atoms with E-state index in [0.29, 0.717) is 11.5 Å².